The van der Waals surface area contributed by atoms with Crippen molar-refractivity contribution in [3.8, 4) is 5.75 Å². The zero-order valence-electron chi connectivity index (χ0n) is 12.6. The van der Waals surface area contributed by atoms with Crippen LogP contribution in [0, 0.1) is 0 Å². The number of benzene rings is 1. The summed E-state index contributed by atoms with van der Waals surface area (Å²) in [5, 5.41) is 9.00. The monoisotopic (exact) mass is 292 g/mol. The smallest absolute Gasteiger partial charge is 0.180 e. The van der Waals surface area contributed by atoms with Gasteiger partial charge >= 0.3 is 0 Å². The summed E-state index contributed by atoms with van der Waals surface area (Å²) in [6.07, 6.45) is 1.03. The zero-order valence-corrected chi connectivity index (χ0v) is 12.6. The van der Waals surface area contributed by atoms with Crippen LogP contribution in [0.1, 0.15) is 16.8 Å². The molecule has 0 saturated carbocycles. The Morgan fingerprint density at radius 3 is 2.67 bits per heavy atom. The van der Waals surface area contributed by atoms with Crippen molar-refractivity contribution >= 4 is 5.78 Å². The molecule has 0 aromatic heterocycles. The lowest BCUT2D eigenvalue weighted by Gasteiger charge is -2.20. The predicted octanol–water partition coefficient (Wildman–Crippen LogP) is 0.878. The number of β-amino-alcohol motifs (C(OH)–C–C–N with tert-alkyl or cyclic N) is 1. The van der Waals surface area contributed by atoms with Crippen LogP contribution in [0.2, 0.25) is 0 Å². The maximum Gasteiger partial charge on any atom is 0.180 e. The SMILES string of the molecule is COc1ccccc1C(=O)CN1CCCN(CCO)CC1. The molecule has 1 N–H and O–H groups in total. The number of para-hydroxylation sites is 1. The van der Waals surface area contributed by atoms with E-state index in [4.69, 9.17) is 9.84 Å². The number of ketones is 1. The largest absolute Gasteiger partial charge is 0.496 e. The van der Waals surface area contributed by atoms with Gasteiger partial charge in [-0.1, -0.05) is 12.1 Å². The van der Waals surface area contributed by atoms with Crippen LogP contribution in [0.4, 0.5) is 0 Å². The van der Waals surface area contributed by atoms with Gasteiger partial charge in [0.15, 0.2) is 5.78 Å². The Hall–Kier alpha value is -1.43. The Kier molecular flexibility index (Phi) is 6.17. The zero-order chi connectivity index (χ0) is 15.1. The second-order valence-electron chi connectivity index (χ2n) is 5.32. The van der Waals surface area contributed by atoms with Crippen molar-refractivity contribution in [2.45, 2.75) is 6.42 Å². The normalized spacial score (nSPS) is 17.4. The highest BCUT2D eigenvalue weighted by Crippen LogP contribution is 2.18. The minimum atomic E-state index is 0.100. The average molecular weight is 292 g/mol. The van der Waals surface area contributed by atoms with Crippen LogP contribution in [0.5, 0.6) is 5.75 Å². The molecule has 0 aliphatic carbocycles. The molecule has 116 valence electrons. The third-order valence-electron chi connectivity index (χ3n) is 3.87. The number of ether oxygens (including phenoxy) is 1. The van der Waals surface area contributed by atoms with Crippen molar-refractivity contribution in [2.24, 2.45) is 0 Å². The first-order valence-electron chi connectivity index (χ1n) is 7.46. The molecule has 0 atom stereocenters. The fraction of sp³-hybridized carbons (Fsp3) is 0.562. The number of carbonyl (C=O) groups is 1. The third kappa shape index (κ3) is 4.52. The summed E-state index contributed by atoms with van der Waals surface area (Å²) in [5.41, 5.74) is 0.650. The van der Waals surface area contributed by atoms with Gasteiger partial charge in [-0.2, -0.15) is 0 Å². The molecule has 21 heavy (non-hydrogen) atoms. The van der Waals surface area contributed by atoms with Gasteiger partial charge in [0.25, 0.3) is 0 Å². The van der Waals surface area contributed by atoms with Crippen molar-refractivity contribution in [1.82, 2.24) is 9.80 Å². The fourth-order valence-corrected chi connectivity index (χ4v) is 2.71. The van der Waals surface area contributed by atoms with E-state index in [0.29, 0.717) is 24.4 Å². The first-order valence-corrected chi connectivity index (χ1v) is 7.46. The van der Waals surface area contributed by atoms with E-state index in [9.17, 15) is 4.79 Å². The van der Waals surface area contributed by atoms with Gasteiger partial charge in [-0.15, -0.1) is 0 Å². The second-order valence-corrected chi connectivity index (χ2v) is 5.32. The van der Waals surface area contributed by atoms with Crippen molar-refractivity contribution in [3.63, 3.8) is 0 Å². The van der Waals surface area contributed by atoms with E-state index in [1.165, 1.54) is 0 Å². The highest BCUT2D eigenvalue weighted by atomic mass is 16.5. The predicted molar refractivity (Wildman–Crippen MR) is 81.9 cm³/mol. The van der Waals surface area contributed by atoms with E-state index in [2.05, 4.69) is 9.80 Å². The number of nitrogens with zero attached hydrogens (tertiary/aromatic N) is 2. The number of methoxy groups -OCH3 is 1. The molecule has 1 saturated heterocycles. The minimum Gasteiger partial charge on any atom is -0.496 e. The van der Waals surface area contributed by atoms with Crippen LogP contribution in [0.3, 0.4) is 0 Å². The molecule has 1 fully saturated rings. The molecular weight excluding hydrogens is 268 g/mol. The van der Waals surface area contributed by atoms with Crippen molar-refractivity contribution in [1.29, 1.82) is 0 Å². The van der Waals surface area contributed by atoms with E-state index < -0.39 is 0 Å². The van der Waals surface area contributed by atoms with Crippen LogP contribution in [0.15, 0.2) is 24.3 Å². The Morgan fingerprint density at radius 1 is 1.19 bits per heavy atom. The molecule has 0 bridgehead atoms. The Labute approximate surface area is 126 Å². The quantitative estimate of drug-likeness (QED) is 0.789. The lowest BCUT2D eigenvalue weighted by Crippen LogP contribution is -2.35. The number of aliphatic hydroxyl groups is 1. The lowest BCUT2D eigenvalue weighted by molar-refractivity contribution is 0.0929. The van der Waals surface area contributed by atoms with Crippen LogP contribution >= 0.6 is 0 Å². The van der Waals surface area contributed by atoms with E-state index in [-0.39, 0.29) is 12.4 Å². The summed E-state index contributed by atoms with van der Waals surface area (Å²) in [6.45, 7) is 5.01. The van der Waals surface area contributed by atoms with E-state index in [1.807, 2.05) is 24.3 Å². The number of Topliss-reactive ketones (excluding diaryl/α,β-unsaturated/α-hetero) is 1. The molecule has 0 radical (unpaired) electrons. The van der Waals surface area contributed by atoms with Gasteiger partial charge in [0, 0.05) is 19.6 Å². The van der Waals surface area contributed by atoms with Crippen molar-refractivity contribution < 1.29 is 14.6 Å². The van der Waals surface area contributed by atoms with E-state index in [1.54, 1.807) is 7.11 Å². The maximum atomic E-state index is 12.4. The van der Waals surface area contributed by atoms with Gasteiger partial charge in [0.05, 0.1) is 25.8 Å². The van der Waals surface area contributed by atoms with E-state index in [0.717, 1.165) is 32.6 Å². The molecule has 0 spiro atoms. The Balaban J connectivity index is 1.93. The molecule has 2 rings (SSSR count). The molecular formula is C16H24N2O3. The summed E-state index contributed by atoms with van der Waals surface area (Å²) >= 11 is 0. The molecule has 1 aliphatic heterocycles. The topological polar surface area (TPSA) is 53.0 Å². The standard InChI is InChI=1S/C16H24N2O3/c1-21-16-6-3-2-5-14(16)15(20)13-18-8-4-7-17(9-10-18)11-12-19/h2-3,5-6,19H,4,7-13H2,1H3. The average Bonchev–Trinajstić information content (AvgIpc) is 2.73. The molecule has 5 heteroatoms. The Morgan fingerprint density at radius 2 is 1.90 bits per heavy atom. The van der Waals surface area contributed by atoms with Gasteiger partial charge in [-0.3, -0.25) is 14.6 Å². The second kappa shape index (κ2) is 8.12. The molecule has 5 nitrogen and oxygen atoms in total. The van der Waals surface area contributed by atoms with E-state index >= 15 is 0 Å². The summed E-state index contributed by atoms with van der Waals surface area (Å²) in [5.74, 6) is 0.738. The molecule has 1 aromatic carbocycles. The number of aliphatic hydroxyl groups excluding tert-OH is 1. The number of rotatable bonds is 6. The molecule has 1 aromatic rings. The fourth-order valence-electron chi connectivity index (χ4n) is 2.71. The summed E-state index contributed by atoms with van der Waals surface area (Å²) in [7, 11) is 1.59. The Bertz CT molecular complexity index is 465. The van der Waals surface area contributed by atoms with Crippen molar-refractivity contribution in [2.75, 3.05) is 53.0 Å². The summed E-state index contributed by atoms with van der Waals surface area (Å²) in [4.78, 5) is 16.9. The minimum absolute atomic E-state index is 0.100. The highest BCUT2D eigenvalue weighted by Gasteiger charge is 2.19. The van der Waals surface area contributed by atoms with Crippen LogP contribution in [0.25, 0.3) is 0 Å². The number of hydrogen-bond donors (Lipinski definition) is 1. The first kappa shape index (κ1) is 15.9. The van der Waals surface area contributed by atoms with Gasteiger partial charge in [-0.25, -0.2) is 0 Å². The maximum absolute atomic E-state index is 12.4. The number of carbonyl (C=O) groups excluding carboxylic acids is 1. The van der Waals surface area contributed by atoms with Gasteiger partial charge < -0.3 is 9.84 Å². The molecule has 1 heterocycles. The van der Waals surface area contributed by atoms with Gasteiger partial charge in [-0.05, 0) is 31.6 Å². The van der Waals surface area contributed by atoms with Crippen molar-refractivity contribution in [3.05, 3.63) is 29.8 Å². The number of hydrogen-bond acceptors (Lipinski definition) is 5. The molecule has 1 aliphatic rings. The van der Waals surface area contributed by atoms with Crippen LogP contribution < -0.4 is 4.74 Å². The lowest BCUT2D eigenvalue weighted by atomic mass is 10.1. The van der Waals surface area contributed by atoms with Crippen LogP contribution in [-0.2, 0) is 0 Å². The molecule has 0 unspecified atom stereocenters. The van der Waals surface area contributed by atoms with Crippen LogP contribution in [-0.4, -0.2) is 73.7 Å². The highest BCUT2D eigenvalue weighted by molar-refractivity contribution is 6.00. The summed E-state index contributed by atoms with van der Waals surface area (Å²) in [6, 6.07) is 7.37. The molecule has 0 amide bonds. The van der Waals surface area contributed by atoms with Gasteiger partial charge in [0.2, 0.25) is 0 Å². The third-order valence-corrected chi connectivity index (χ3v) is 3.87. The van der Waals surface area contributed by atoms with Gasteiger partial charge in [0.1, 0.15) is 5.75 Å². The first-order chi connectivity index (χ1) is 10.2. The summed E-state index contributed by atoms with van der Waals surface area (Å²) < 4.78 is 5.25.